The molecule has 2 heterocycles. The van der Waals surface area contributed by atoms with E-state index in [0.717, 1.165) is 64.7 Å². The molecule has 2 saturated heterocycles. The molecule has 3 fully saturated rings. The van der Waals surface area contributed by atoms with Crippen molar-refractivity contribution in [2.24, 2.45) is 11.8 Å². The topological polar surface area (TPSA) is 43.9 Å². The van der Waals surface area contributed by atoms with Gasteiger partial charge in [0.2, 0.25) is 11.8 Å². The molecule has 0 spiro atoms. The standard InChI is InChI=1S/C21H33N3O2/c1-3-11-22(12-4-2)21(26)18-6-5-13-24(16-18)19-9-14-23(15-10-19)20(25)17-7-8-17/h3-4,17-19H,1-2,5-16H2/t18-/m1/s1. The van der Waals surface area contributed by atoms with Gasteiger partial charge in [0.25, 0.3) is 0 Å². The van der Waals surface area contributed by atoms with Crippen molar-refractivity contribution in [1.82, 2.24) is 14.7 Å². The molecule has 5 nitrogen and oxygen atoms in total. The van der Waals surface area contributed by atoms with Crippen molar-refractivity contribution in [1.29, 1.82) is 0 Å². The maximum atomic E-state index is 12.9. The first kappa shape index (κ1) is 19.2. The quantitative estimate of drug-likeness (QED) is 0.655. The summed E-state index contributed by atoms with van der Waals surface area (Å²) in [5.74, 6) is 1.01. The lowest BCUT2D eigenvalue weighted by Gasteiger charge is -2.42. The molecule has 2 amide bonds. The van der Waals surface area contributed by atoms with E-state index in [9.17, 15) is 9.59 Å². The highest BCUT2D eigenvalue weighted by molar-refractivity contribution is 5.81. The second kappa shape index (κ2) is 8.85. The molecule has 0 N–H and O–H groups in total. The molecule has 0 aromatic heterocycles. The van der Waals surface area contributed by atoms with Crippen LogP contribution >= 0.6 is 0 Å². The van der Waals surface area contributed by atoms with Crippen molar-refractivity contribution in [3.8, 4) is 0 Å². The Labute approximate surface area is 157 Å². The highest BCUT2D eigenvalue weighted by Crippen LogP contribution is 2.32. The van der Waals surface area contributed by atoms with Gasteiger partial charge >= 0.3 is 0 Å². The van der Waals surface area contributed by atoms with Gasteiger partial charge in [-0.15, -0.1) is 13.2 Å². The Morgan fingerprint density at radius 3 is 2.15 bits per heavy atom. The van der Waals surface area contributed by atoms with Crippen molar-refractivity contribution in [2.45, 2.75) is 44.6 Å². The summed E-state index contributed by atoms with van der Waals surface area (Å²) in [7, 11) is 0. The zero-order chi connectivity index (χ0) is 18.5. The monoisotopic (exact) mass is 359 g/mol. The number of piperidine rings is 2. The lowest BCUT2D eigenvalue weighted by atomic mass is 9.92. The Morgan fingerprint density at radius 2 is 1.58 bits per heavy atom. The van der Waals surface area contributed by atoms with Crippen LogP contribution in [-0.4, -0.2) is 71.8 Å². The summed E-state index contributed by atoms with van der Waals surface area (Å²) >= 11 is 0. The zero-order valence-electron chi connectivity index (χ0n) is 15.9. The van der Waals surface area contributed by atoms with Gasteiger partial charge in [-0.2, -0.15) is 0 Å². The molecule has 0 radical (unpaired) electrons. The van der Waals surface area contributed by atoms with Crippen molar-refractivity contribution in [2.75, 3.05) is 39.3 Å². The van der Waals surface area contributed by atoms with Gasteiger partial charge in [-0.25, -0.2) is 0 Å². The minimum atomic E-state index is 0.0785. The largest absolute Gasteiger partial charge is 0.342 e. The average Bonchev–Trinajstić information content (AvgIpc) is 3.52. The van der Waals surface area contributed by atoms with Crippen LogP contribution in [0.3, 0.4) is 0 Å². The SMILES string of the molecule is C=CCN(CC=C)C(=O)[C@@H]1CCCN(C2CCN(C(=O)C3CC3)CC2)C1. The number of hydrogen-bond donors (Lipinski definition) is 0. The highest BCUT2D eigenvalue weighted by atomic mass is 16.2. The van der Waals surface area contributed by atoms with E-state index in [1.807, 2.05) is 4.90 Å². The lowest BCUT2D eigenvalue weighted by Crippen LogP contribution is -2.52. The van der Waals surface area contributed by atoms with Gasteiger partial charge in [0.15, 0.2) is 0 Å². The Bertz CT molecular complexity index is 525. The number of carbonyl (C=O) groups excluding carboxylic acids is 2. The van der Waals surface area contributed by atoms with Gasteiger partial charge in [0, 0.05) is 44.7 Å². The van der Waals surface area contributed by atoms with Gasteiger partial charge < -0.3 is 9.80 Å². The fourth-order valence-corrected chi connectivity index (χ4v) is 4.40. The molecular weight excluding hydrogens is 326 g/mol. The molecule has 2 aliphatic heterocycles. The van der Waals surface area contributed by atoms with Crippen molar-refractivity contribution < 1.29 is 9.59 Å². The van der Waals surface area contributed by atoms with E-state index < -0.39 is 0 Å². The molecule has 5 heteroatoms. The summed E-state index contributed by atoms with van der Waals surface area (Å²) in [5.41, 5.74) is 0. The Hall–Kier alpha value is -1.62. The Kier molecular flexibility index (Phi) is 6.52. The number of amides is 2. The molecule has 1 saturated carbocycles. The number of nitrogens with zero attached hydrogens (tertiary/aromatic N) is 3. The molecule has 0 bridgehead atoms. The van der Waals surface area contributed by atoms with Crippen molar-refractivity contribution >= 4 is 11.8 Å². The van der Waals surface area contributed by atoms with Crippen LogP contribution in [0.2, 0.25) is 0 Å². The first-order valence-electron chi connectivity index (χ1n) is 10.2. The van der Waals surface area contributed by atoms with Gasteiger partial charge in [-0.3, -0.25) is 14.5 Å². The van der Waals surface area contributed by atoms with Gasteiger partial charge in [-0.1, -0.05) is 12.2 Å². The smallest absolute Gasteiger partial charge is 0.227 e. The van der Waals surface area contributed by atoms with Crippen LogP contribution in [-0.2, 0) is 9.59 Å². The molecule has 1 atom stereocenters. The van der Waals surface area contributed by atoms with E-state index in [1.165, 1.54) is 0 Å². The lowest BCUT2D eigenvalue weighted by molar-refractivity contribution is -0.137. The molecule has 0 aromatic carbocycles. The minimum absolute atomic E-state index is 0.0785. The first-order valence-corrected chi connectivity index (χ1v) is 10.2. The maximum absolute atomic E-state index is 12.9. The summed E-state index contributed by atoms with van der Waals surface area (Å²) in [6, 6.07) is 0.515. The fraction of sp³-hybridized carbons (Fsp3) is 0.714. The molecule has 0 aromatic rings. The van der Waals surface area contributed by atoms with Crippen LogP contribution in [0.15, 0.2) is 25.3 Å². The number of likely N-dealkylation sites (tertiary alicyclic amines) is 2. The summed E-state index contributed by atoms with van der Waals surface area (Å²) < 4.78 is 0. The van der Waals surface area contributed by atoms with E-state index in [0.29, 0.717) is 31.0 Å². The second-order valence-corrected chi connectivity index (χ2v) is 7.99. The number of rotatable bonds is 7. The van der Waals surface area contributed by atoms with Crippen LogP contribution in [0.25, 0.3) is 0 Å². The van der Waals surface area contributed by atoms with Crippen LogP contribution in [0.1, 0.15) is 38.5 Å². The van der Waals surface area contributed by atoms with Crippen molar-refractivity contribution in [3.05, 3.63) is 25.3 Å². The van der Waals surface area contributed by atoms with E-state index >= 15 is 0 Å². The van der Waals surface area contributed by atoms with Crippen molar-refractivity contribution in [3.63, 3.8) is 0 Å². The van der Waals surface area contributed by atoms with Gasteiger partial charge in [-0.05, 0) is 45.1 Å². The van der Waals surface area contributed by atoms with E-state index in [2.05, 4.69) is 23.0 Å². The number of hydrogen-bond acceptors (Lipinski definition) is 3. The summed E-state index contributed by atoms with van der Waals surface area (Å²) in [5, 5.41) is 0. The Morgan fingerprint density at radius 1 is 0.923 bits per heavy atom. The summed E-state index contributed by atoms with van der Waals surface area (Å²) in [4.78, 5) is 31.5. The zero-order valence-corrected chi connectivity index (χ0v) is 15.9. The summed E-state index contributed by atoms with van der Waals surface area (Å²) in [6.07, 6.45) is 9.88. The third-order valence-electron chi connectivity index (χ3n) is 6.03. The molecule has 1 aliphatic carbocycles. The number of carbonyl (C=O) groups is 2. The molecular formula is C21H33N3O2. The van der Waals surface area contributed by atoms with Crippen LogP contribution < -0.4 is 0 Å². The predicted octanol–water partition coefficient (Wildman–Crippen LogP) is 2.30. The van der Waals surface area contributed by atoms with Gasteiger partial charge in [0.05, 0.1) is 5.92 Å². The molecule has 26 heavy (non-hydrogen) atoms. The molecule has 3 aliphatic rings. The second-order valence-electron chi connectivity index (χ2n) is 7.99. The molecule has 0 unspecified atom stereocenters. The predicted molar refractivity (Wildman–Crippen MR) is 104 cm³/mol. The third kappa shape index (κ3) is 4.56. The van der Waals surface area contributed by atoms with Crippen LogP contribution in [0.5, 0.6) is 0 Å². The van der Waals surface area contributed by atoms with E-state index in [-0.39, 0.29) is 11.8 Å². The average molecular weight is 360 g/mol. The first-order chi connectivity index (χ1) is 12.6. The minimum Gasteiger partial charge on any atom is -0.342 e. The third-order valence-corrected chi connectivity index (χ3v) is 6.03. The maximum Gasteiger partial charge on any atom is 0.227 e. The van der Waals surface area contributed by atoms with Gasteiger partial charge in [0.1, 0.15) is 0 Å². The van der Waals surface area contributed by atoms with E-state index in [4.69, 9.17) is 0 Å². The molecule has 144 valence electrons. The summed E-state index contributed by atoms with van der Waals surface area (Å²) in [6.45, 7) is 12.4. The molecule has 3 rings (SSSR count). The normalized spacial score (nSPS) is 24.9. The van der Waals surface area contributed by atoms with E-state index in [1.54, 1.807) is 12.2 Å². The van der Waals surface area contributed by atoms with Crippen LogP contribution in [0, 0.1) is 11.8 Å². The Balaban J connectivity index is 1.51. The highest BCUT2D eigenvalue weighted by Gasteiger charge is 2.37. The fourth-order valence-electron chi connectivity index (χ4n) is 4.40. The van der Waals surface area contributed by atoms with Crippen LogP contribution in [0.4, 0.5) is 0 Å².